The van der Waals surface area contributed by atoms with E-state index in [4.69, 9.17) is 0 Å². The van der Waals surface area contributed by atoms with Crippen molar-refractivity contribution in [2.45, 2.75) is 36.1 Å². The minimum absolute atomic E-state index is 0. The molecule has 5 heteroatoms. The molecule has 0 amide bonds. The first-order valence-corrected chi connectivity index (χ1v) is 15.0. The number of halogens is 2. The third-order valence-corrected chi connectivity index (χ3v) is 13.8. The summed E-state index contributed by atoms with van der Waals surface area (Å²) in [6.07, 6.45) is 2.36. The molecule has 0 spiro atoms. The molecule has 2 aromatic carbocycles. The fourth-order valence-corrected chi connectivity index (χ4v) is 12.5. The van der Waals surface area contributed by atoms with Gasteiger partial charge < -0.3 is 24.8 Å². The fraction of sp³-hybridized carbons (Fsp3) is 0.250. The van der Waals surface area contributed by atoms with Gasteiger partial charge in [-0.3, -0.25) is 0 Å². The summed E-state index contributed by atoms with van der Waals surface area (Å²) in [4.78, 5) is 1.68. The van der Waals surface area contributed by atoms with Crippen molar-refractivity contribution in [2.24, 2.45) is 0 Å². The van der Waals surface area contributed by atoms with E-state index >= 15 is 0 Å². The van der Waals surface area contributed by atoms with Crippen LogP contribution < -0.4 is 24.8 Å². The molecule has 0 radical (unpaired) electrons. The number of allylic oxidation sites excluding steroid dienone is 2. The van der Waals surface area contributed by atoms with Gasteiger partial charge in [0.1, 0.15) is 0 Å². The van der Waals surface area contributed by atoms with Crippen LogP contribution in [0.5, 0.6) is 0 Å². The molecule has 2 aliphatic heterocycles. The quantitative estimate of drug-likeness (QED) is 0.382. The zero-order chi connectivity index (χ0) is 18.9. The van der Waals surface area contributed by atoms with Gasteiger partial charge in [0, 0.05) is 10.4 Å². The third-order valence-electron chi connectivity index (χ3n) is 6.56. The van der Waals surface area contributed by atoms with Crippen molar-refractivity contribution in [3.8, 4) is 0 Å². The van der Waals surface area contributed by atoms with Crippen LogP contribution in [0.4, 0.5) is 0 Å². The smallest absolute Gasteiger partial charge is 1.00 e. The zero-order valence-electron chi connectivity index (χ0n) is 17.0. The summed E-state index contributed by atoms with van der Waals surface area (Å²) in [5.41, 5.74) is 8.67. The molecule has 0 N–H and O–H groups in total. The van der Waals surface area contributed by atoms with E-state index in [0.29, 0.717) is 3.63 Å². The van der Waals surface area contributed by atoms with Crippen molar-refractivity contribution in [2.75, 3.05) is 0 Å². The molecule has 3 aromatic rings. The van der Waals surface area contributed by atoms with Crippen LogP contribution in [0.15, 0.2) is 59.0 Å². The largest absolute Gasteiger partial charge is 1.00 e. The Morgan fingerprint density at radius 3 is 2.38 bits per heavy atom. The van der Waals surface area contributed by atoms with Crippen molar-refractivity contribution in [3.63, 3.8) is 0 Å². The molecule has 2 aliphatic carbocycles. The van der Waals surface area contributed by atoms with Crippen molar-refractivity contribution in [1.29, 1.82) is 0 Å². The van der Waals surface area contributed by atoms with Crippen LogP contribution in [-0.2, 0) is 24.7 Å². The Morgan fingerprint density at radius 2 is 1.69 bits per heavy atom. The van der Waals surface area contributed by atoms with Crippen molar-refractivity contribution in [3.05, 3.63) is 80.6 Å². The van der Waals surface area contributed by atoms with Gasteiger partial charge in [0.15, 0.2) is 0 Å². The second kappa shape index (κ2) is 8.24. The molecule has 3 heterocycles. The van der Waals surface area contributed by atoms with E-state index in [-0.39, 0.29) is 24.8 Å². The van der Waals surface area contributed by atoms with Crippen molar-refractivity contribution < 1.29 is 49.5 Å². The van der Waals surface area contributed by atoms with Crippen LogP contribution in [0.1, 0.15) is 44.6 Å². The first-order valence-electron chi connectivity index (χ1n) is 9.61. The van der Waals surface area contributed by atoms with E-state index in [1.54, 1.807) is 45.9 Å². The van der Waals surface area contributed by atoms with Gasteiger partial charge >= 0.3 is 105 Å². The Hall–Kier alpha value is -0.440. The summed E-state index contributed by atoms with van der Waals surface area (Å²) in [6.45, 7) is 9.58. The monoisotopic (exact) mass is 531 g/mol. The van der Waals surface area contributed by atoms with E-state index in [0.717, 1.165) is 5.54 Å². The number of thiophene rings is 1. The minimum Gasteiger partial charge on any atom is -1.00 e. The predicted molar refractivity (Wildman–Crippen MR) is 117 cm³/mol. The standard InChI is InChI=1S/C14H11.C10H12SSi.2ClH.Zr/c1-10-8-12-7-6-11-4-2-3-5-13(11)14(12)9-10;1-6-9-7-4-5-11-8(7)10(6)12(9,2)3;;;/h2-9H,1H3;4-5,10H,1-3H3;2*1H;/q;;;;+2/p-2. The molecule has 0 nitrogen and oxygen atoms in total. The summed E-state index contributed by atoms with van der Waals surface area (Å²) in [6, 6.07) is 15.5. The number of hydrogen-bond acceptors (Lipinski definition) is 1. The molecule has 2 bridgehead atoms. The van der Waals surface area contributed by atoms with Crippen molar-refractivity contribution in [1.82, 2.24) is 0 Å². The molecule has 29 heavy (non-hydrogen) atoms. The molecule has 7 rings (SSSR count). The van der Waals surface area contributed by atoms with E-state index in [1.807, 2.05) is 11.3 Å². The number of benzene rings is 2. The Labute approximate surface area is 206 Å². The molecule has 0 fully saturated rings. The van der Waals surface area contributed by atoms with Gasteiger partial charge in [0.05, 0.1) is 8.07 Å². The maximum atomic E-state index is 2.51. The molecular formula is C24H23Cl2SSiZr. The van der Waals surface area contributed by atoms with E-state index in [2.05, 4.69) is 80.9 Å². The number of hydrogen-bond donors (Lipinski definition) is 0. The molecule has 147 valence electrons. The van der Waals surface area contributed by atoms with Crippen LogP contribution >= 0.6 is 11.3 Å². The van der Waals surface area contributed by atoms with Gasteiger partial charge in [-0.2, -0.15) is 0 Å². The molecule has 0 saturated carbocycles. The van der Waals surface area contributed by atoms with Crippen LogP contribution in [0.25, 0.3) is 22.0 Å². The normalized spacial score (nSPS) is 21.8. The van der Waals surface area contributed by atoms with Crippen LogP contribution in [0.2, 0.25) is 13.1 Å². The van der Waals surface area contributed by atoms with Gasteiger partial charge in [-0.25, -0.2) is 0 Å². The average Bonchev–Trinajstić information content (AvgIpc) is 3.33. The maximum Gasteiger partial charge on any atom is -1.00 e. The summed E-state index contributed by atoms with van der Waals surface area (Å²) in [7, 11) is -0.972. The first kappa shape index (κ1) is 23.2. The van der Waals surface area contributed by atoms with Gasteiger partial charge in [0.2, 0.25) is 0 Å². The minimum atomic E-state index is -0.972. The fourth-order valence-electron chi connectivity index (χ4n) is 5.38. The number of fused-ring (bicyclic) bond motifs is 3. The van der Waals surface area contributed by atoms with Gasteiger partial charge in [-0.1, -0.05) is 23.9 Å². The average molecular weight is 534 g/mol. The van der Waals surface area contributed by atoms with E-state index < -0.39 is 8.07 Å². The summed E-state index contributed by atoms with van der Waals surface area (Å²) in [5.74, 6) is 0. The van der Waals surface area contributed by atoms with Gasteiger partial charge in [0.25, 0.3) is 0 Å². The summed E-state index contributed by atoms with van der Waals surface area (Å²) >= 11 is 3.56. The predicted octanol–water partition coefficient (Wildman–Crippen LogP) is 1.27. The Balaban J connectivity index is 0.000000158. The van der Waals surface area contributed by atoms with Gasteiger partial charge in [-0.15, -0.1) is 11.3 Å². The van der Waals surface area contributed by atoms with E-state index in [1.165, 1.54) is 27.5 Å². The summed E-state index contributed by atoms with van der Waals surface area (Å²) < 4.78 is 0.678. The third kappa shape index (κ3) is 3.33. The van der Waals surface area contributed by atoms with Crippen LogP contribution in [-0.4, -0.2) is 8.07 Å². The Bertz CT molecular complexity index is 1160. The Kier molecular flexibility index (Phi) is 6.60. The molecule has 0 saturated heterocycles. The molecule has 2 atom stereocenters. The van der Waals surface area contributed by atoms with Crippen LogP contribution in [0, 0.1) is 0 Å². The second-order valence-electron chi connectivity index (χ2n) is 8.52. The molecule has 4 aliphatic rings. The maximum absolute atomic E-state index is 2.51. The van der Waals surface area contributed by atoms with Gasteiger partial charge in [-0.05, 0) is 23.9 Å². The molecule has 1 aromatic heterocycles. The first-order chi connectivity index (χ1) is 12.9. The molecular weight excluding hydrogens is 511 g/mol. The topological polar surface area (TPSA) is 0 Å². The zero-order valence-corrected chi connectivity index (χ0v) is 22.8. The van der Waals surface area contributed by atoms with Crippen LogP contribution in [0.3, 0.4) is 0 Å². The SMILES string of the molecule is CC1=C2c3ccsc3C1[Si]2(C)C.CC1=Cc2c(ccc3ccccc23)[CH]1[Zr+2].[Cl-].[Cl-]. The number of rotatable bonds is 0. The Morgan fingerprint density at radius 1 is 0.966 bits per heavy atom. The summed E-state index contributed by atoms with van der Waals surface area (Å²) in [5, 5.41) is 6.77. The molecule has 2 unspecified atom stereocenters. The van der Waals surface area contributed by atoms with E-state index in [9.17, 15) is 0 Å². The van der Waals surface area contributed by atoms with Crippen molar-refractivity contribution >= 4 is 41.5 Å². The second-order valence-corrected chi connectivity index (χ2v) is 15.4.